The van der Waals surface area contributed by atoms with Gasteiger partial charge in [0.05, 0.1) is 18.9 Å². The maximum absolute atomic E-state index is 13.7. The number of Topliss-reactive ketones (excluding diaryl/α,β-unsaturated/α-hetero) is 1. The Kier molecular flexibility index (Phi) is 7.01. The van der Waals surface area contributed by atoms with E-state index in [0.29, 0.717) is 48.0 Å². The molecule has 0 saturated carbocycles. The zero-order chi connectivity index (χ0) is 28.0. The Balaban J connectivity index is 1.50. The van der Waals surface area contributed by atoms with E-state index < -0.39 is 29.6 Å². The molecule has 9 nitrogen and oxygen atoms in total. The second-order valence-electron chi connectivity index (χ2n) is 10.7. The van der Waals surface area contributed by atoms with Gasteiger partial charge in [0.1, 0.15) is 0 Å². The van der Waals surface area contributed by atoms with Crippen LogP contribution >= 0.6 is 0 Å². The van der Waals surface area contributed by atoms with Crippen molar-refractivity contribution in [3.05, 3.63) is 58.2 Å². The summed E-state index contributed by atoms with van der Waals surface area (Å²) < 4.78 is 5.18. The third kappa shape index (κ3) is 4.49. The summed E-state index contributed by atoms with van der Waals surface area (Å²) in [5.74, 6) is -3.97. The second kappa shape index (κ2) is 10.3. The molecule has 9 heteroatoms. The number of hydrogen-bond donors (Lipinski definition) is 2. The summed E-state index contributed by atoms with van der Waals surface area (Å²) in [7, 11) is 1.44. The third-order valence-corrected chi connectivity index (χ3v) is 8.46. The third-order valence-electron chi connectivity index (χ3n) is 8.46. The largest absolute Gasteiger partial charge is 0.504 e. The number of carbonyl (C=O) groups is 5. The Bertz CT molecular complexity index is 1380. The number of allylic oxidation sites excluding steroid dienone is 6. The van der Waals surface area contributed by atoms with Gasteiger partial charge in [-0.2, -0.15) is 0 Å². The fourth-order valence-corrected chi connectivity index (χ4v) is 6.66. The number of hydrogen-bond acceptors (Lipinski definition) is 7. The van der Waals surface area contributed by atoms with Crippen LogP contribution in [0.2, 0.25) is 0 Å². The molecular weight excluding hydrogens is 502 g/mol. The first-order chi connectivity index (χ1) is 18.6. The van der Waals surface area contributed by atoms with Crippen LogP contribution in [-0.4, -0.2) is 58.1 Å². The fourth-order valence-electron chi connectivity index (χ4n) is 6.66. The van der Waals surface area contributed by atoms with Gasteiger partial charge in [0.2, 0.25) is 11.8 Å². The molecule has 3 aliphatic carbocycles. The molecule has 1 heterocycles. The van der Waals surface area contributed by atoms with E-state index in [1.165, 1.54) is 24.2 Å². The van der Waals surface area contributed by atoms with E-state index in [9.17, 15) is 29.1 Å². The number of methoxy groups -OCH3 is 1. The van der Waals surface area contributed by atoms with Crippen LogP contribution in [0.25, 0.3) is 0 Å². The SMILES string of the molecule is COc1ccc(C2C3=CCC4C(=O)N(CCCCCC(=O)O)C(=O)C4C3CC3=C2C(=O)C=C(C)C3=O)cc1O. The van der Waals surface area contributed by atoms with E-state index in [4.69, 9.17) is 9.84 Å². The van der Waals surface area contributed by atoms with Crippen LogP contribution in [-0.2, 0) is 24.0 Å². The van der Waals surface area contributed by atoms with Gasteiger partial charge >= 0.3 is 5.97 Å². The predicted molar refractivity (Wildman–Crippen MR) is 139 cm³/mol. The second-order valence-corrected chi connectivity index (χ2v) is 10.7. The highest BCUT2D eigenvalue weighted by molar-refractivity contribution is 6.23. The number of phenols is 1. The Labute approximate surface area is 225 Å². The number of carbonyl (C=O) groups excluding carboxylic acids is 4. The average molecular weight is 534 g/mol. The molecule has 0 spiro atoms. The van der Waals surface area contributed by atoms with Gasteiger partial charge in [-0.1, -0.05) is 24.1 Å². The van der Waals surface area contributed by atoms with Gasteiger partial charge in [-0.15, -0.1) is 0 Å². The first-order valence-electron chi connectivity index (χ1n) is 13.3. The molecular formula is C30H31NO8. The molecule has 4 unspecified atom stereocenters. The van der Waals surface area contributed by atoms with Crippen molar-refractivity contribution >= 4 is 29.4 Å². The normalized spacial score (nSPS) is 26.2. The van der Waals surface area contributed by atoms with E-state index in [1.54, 1.807) is 19.1 Å². The standard InChI is InChI=1S/C30H31NO8/c1-15-12-22(33)27-20(28(15)36)14-19-17(25(27)16-7-10-23(39-2)21(32)13-16)8-9-18-26(19)30(38)31(29(18)37)11-5-3-4-6-24(34)35/h7-8,10,12-13,18-19,25-26,32H,3-6,9,11,14H2,1-2H3,(H,34,35). The highest BCUT2D eigenvalue weighted by Gasteiger charge is 2.56. The fraction of sp³-hybridized carbons (Fsp3) is 0.433. The van der Waals surface area contributed by atoms with Crippen LogP contribution in [0.5, 0.6) is 11.5 Å². The number of carboxylic acid groups (broad SMARTS) is 1. The maximum Gasteiger partial charge on any atom is 0.303 e. The highest BCUT2D eigenvalue weighted by Crippen LogP contribution is 2.55. The summed E-state index contributed by atoms with van der Waals surface area (Å²) in [6, 6.07) is 4.88. The number of phenolic OH excluding ortho intramolecular Hbond substituents is 1. The van der Waals surface area contributed by atoms with Gasteiger partial charge in [0.25, 0.3) is 0 Å². The topological polar surface area (TPSA) is 138 Å². The lowest BCUT2D eigenvalue weighted by Crippen LogP contribution is -2.39. The maximum atomic E-state index is 13.7. The van der Waals surface area contributed by atoms with Crippen LogP contribution in [0.1, 0.15) is 56.9 Å². The first-order valence-corrected chi connectivity index (χ1v) is 13.3. The minimum atomic E-state index is -0.875. The molecule has 4 atom stereocenters. The van der Waals surface area contributed by atoms with Crippen molar-refractivity contribution in [1.29, 1.82) is 0 Å². The van der Waals surface area contributed by atoms with E-state index in [0.717, 1.165) is 5.57 Å². The van der Waals surface area contributed by atoms with Crippen molar-refractivity contribution in [2.45, 2.75) is 51.4 Å². The number of likely N-dealkylation sites (tertiary alicyclic amines) is 1. The molecule has 1 fully saturated rings. The number of ether oxygens (including phenoxy) is 1. The quantitative estimate of drug-likeness (QED) is 0.224. The van der Waals surface area contributed by atoms with Crippen molar-refractivity contribution in [3.63, 3.8) is 0 Å². The first kappa shape index (κ1) is 26.6. The Morgan fingerprint density at radius 3 is 2.54 bits per heavy atom. The zero-order valence-corrected chi connectivity index (χ0v) is 21.9. The number of imide groups is 1. The van der Waals surface area contributed by atoms with Crippen LogP contribution in [0, 0.1) is 17.8 Å². The van der Waals surface area contributed by atoms with E-state index in [1.807, 2.05) is 6.08 Å². The Morgan fingerprint density at radius 2 is 1.85 bits per heavy atom. The Hall–Kier alpha value is -4.01. The Morgan fingerprint density at radius 1 is 1.08 bits per heavy atom. The molecule has 1 aromatic carbocycles. The van der Waals surface area contributed by atoms with Gasteiger partial charge < -0.3 is 14.9 Å². The number of rotatable bonds is 8. The molecule has 1 saturated heterocycles. The van der Waals surface area contributed by atoms with Crippen LogP contribution in [0.4, 0.5) is 0 Å². The summed E-state index contributed by atoms with van der Waals surface area (Å²) in [5, 5.41) is 19.4. The number of benzene rings is 1. The molecule has 204 valence electrons. The van der Waals surface area contributed by atoms with Crippen molar-refractivity contribution in [1.82, 2.24) is 4.90 Å². The minimum Gasteiger partial charge on any atom is -0.504 e. The number of aliphatic carboxylic acids is 1. The number of nitrogens with zero attached hydrogens (tertiary/aromatic N) is 1. The summed E-state index contributed by atoms with van der Waals surface area (Å²) in [5.41, 5.74) is 2.50. The van der Waals surface area contributed by atoms with Crippen LogP contribution in [0.15, 0.2) is 52.6 Å². The van der Waals surface area contributed by atoms with E-state index >= 15 is 0 Å². The van der Waals surface area contributed by atoms with Gasteiger partial charge in [-0.3, -0.25) is 28.9 Å². The summed E-state index contributed by atoms with van der Waals surface area (Å²) in [6.45, 7) is 1.83. The van der Waals surface area contributed by atoms with Crippen LogP contribution < -0.4 is 4.74 Å². The molecule has 1 aromatic rings. The van der Waals surface area contributed by atoms with Crippen molar-refractivity contribution < 1.29 is 38.9 Å². The number of unbranched alkanes of at least 4 members (excludes halogenated alkanes) is 2. The van der Waals surface area contributed by atoms with E-state index in [2.05, 4.69) is 0 Å². The molecule has 1 aliphatic heterocycles. The molecule has 0 radical (unpaired) electrons. The molecule has 0 aromatic heterocycles. The predicted octanol–water partition coefficient (Wildman–Crippen LogP) is 3.48. The molecule has 2 amide bonds. The molecule has 39 heavy (non-hydrogen) atoms. The van der Waals surface area contributed by atoms with Gasteiger partial charge in [-0.25, -0.2) is 0 Å². The molecule has 0 bridgehead atoms. The minimum absolute atomic E-state index is 0.0445. The van der Waals surface area contributed by atoms with Gasteiger partial charge in [0, 0.05) is 35.6 Å². The van der Waals surface area contributed by atoms with Crippen molar-refractivity contribution in [2.24, 2.45) is 17.8 Å². The molecule has 5 rings (SSSR count). The lowest BCUT2D eigenvalue weighted by atomic mass is 9.59. The number of aromatic hydroxyl groups is 1. The number of ketones is 2. The lowest BCUT2D eigenvalue weighted by molar-refractivity contribution is -0.141. The molecule has 4 aliphatic rings. The smallest absolute Gasteiger partial charge is 0.303 e. The summed E-state index contributed by atoms with van der Waals surface area (Å²) in [4.78, 5) is 65.7. The number of amides is 2. The summed E-state index contributed by atoms with van der Waals surface area (Å²) in [6.07, 6.45) is 5.46. The average Bonchev–Trinajstić information content (AvgIpc) is 3.15. The van der Waals surface area contributed by atoms with Crippen molar-refractivity contribution in [3.8, 4) is 11.5 Å². The number of carboxylic acids is 1. The summed E-state index contributed by atoms with van der Waals surface area (Å²) >= 11 is 0. The molecule has 2 N–H and O–H groups in total. The number of fused-ring (bicyclic) bond motifs is 3. The zero-order valence-electron chi connectivity index (χ0n) is 21.9. The van der Waals surface area contributed by atoms with Gasteiger partial charge in [0.15, 0.2) is 23.1 Å². The van der Waals surface area contributed by atoms with Gasteiger partial charge in [-0.05, 0) is 62.3 Å². The van der Waals surface area contributed by atoms with Crippen molar-refractivity contribution in [2.75, 3.05) is 13.7 Å². The van der Waals surface area contributed by atoms with Crippen LogP contribution in [0.3, 0.4) is 0 Å². The van der Waals surface area contributed by atoms with E-state index in [-0.39, 0.29) is 54.3 Å². The lowest BCUT2D eigenvalue weighted by Gasteiger charge is -2.42. The highest BCUT2D eigenvalue weighted by atomic mass is 16.5. The monoisotopic (exact) mass is 533 g/mol.